The van der Waals surface area contributed by atoms with Gasteiger partial charge in [-0.15, -0.1) is 0 Å². The van der Waals surface area contributed by atoms with Crippen molar-refractivity contribution in [2.75, 3.05) is 0 Å². The number of hydrogen-bond donors (Lipinski definition) is 1. The Morgan fingerprint density at radius 3 is 2.80 bits per heavy atom. The van der Waals surface area contributed by atoms with Crippen LogP contribution in [0.3, 0.4) is 0 Å². The van der Waals surface area contributed by atoms with E-state index in [1.54, 1.807) is 0 Å². The molecule has 0 aliphatic heterocycles. The highest BCUT2D eigenvalue weighted by molar-refractivity contribution is 5.19. The van der Waals surface area contributed by atoms with Gasteiger partial charge in [0.25, 0.3) is 0 Å². The van der Waals surface area contributed by atoms with E-state index in [1.165, 1.54) is 30.5 Å². The van der Waals surface area contributed by atoms with Crippen molar-refractivity contribution in [3.8, 4) is 0 Å². The number of aromatic nitrogens is 2. The summed E-state index contributed by atoms with van der Waals surface area (Å²) < 4.78 is 2.32. The topological polar surface area (TPSA) is 43.8 Å². The molecule has 106 valence electrons. The Labute approximate surface area is 120 Å². The summed E-state index contributed by atoms with van der Waals surface area (Å²) in [5.74, 6) is 0.820. The lowest BCUT2D eigenvalue weighted by molar-refractivity contribution is 0.464. The van der Waals surface area contributed by atoms with Gasteiger partial charge in [-0.1, -0.05) is 37.3 Å². The second-order valence-corrected chi connectivity index (χ2v) is 6.09. The van der Waals surface area contributed by atoms with Crippen LogP contribution < -0.4 is 5.73 Å². The number of imidazole rings is 1. The normalized spacial score (nSPS) is 23.9. The maximum Gasteiger partial charge on any atom is 0.0951 e. The maximum atomic E-state index is 6.41. The van der Waals surface area contributed by atoms with Gasteiger partial charge >= 0.3 is 0 Å². The van der Waals surface area contributed by atoms with E-state index >= 15 is 0 Å². The molecular weight excluding hydrogens is 246 g/mol. The first-order chi connectivity index (χ1) is 9.74. The Morgan fingerprint density at radius 1 is 1.30 bits per heavy atom. The van der Waals surface area contributed by atoms with Crippen LogP contribution in [-0.2, 0) is 6.42 Å². The molecule has 1 fully saturated rings. The van der Waals surface area contributed by atoms with E-state index in [0.29, 0.717) is 6.04 Å². The zero-order valence-corrected chi connectivity index (χ0v) is 12.1. The van der Waals surface area contributed by atoms with Crippen molar-refractivity contribution in [2.45, 2.75) is 44.7 Å². The number of rotatable bonds is 4. The highest BCUT2D eigenvalue weighted by atomic mass is 15.1. The average Bonchev–Trinajstić information content (AvgIpc) is 3.08. The molecule has 20 heavy (non-hydrogen) atoms. The van der Waals surface area contributed by atoms with Crippen molar-refractivity contribution >= 4 is 0 Å². The SMILES string of the molecule is CC1CCC(n2cncc2[C@H](N)Cc2ccccc2)C1. The van der Waals surface area contributed by atoms with Crippen molar-refractivity contribution in [3.05, 3.63) is 54.1 Å². The molecule has 1 aliphatic carbocycles. The van der Waals surface area contributed by atoms with Crippen LogP contribution in [0.15, 0.2) is 42.9 Å². The van der Waals surface area contributed by atoms with Crippen LogP contribution in [0.2, 0.25) is 0 Å². The molecule has 1 heterocycles. The predicted molar refractivity (Wildman–Crippen MR) is 81.4 cm³/mol. The third-order valence-electron chi connectivity index (χ3n) is 4.43. The van der Waals surface area contributed by atoms with Gasteiger partial charge in [0.15, 0.2) is 0 Å². The third kappa shape index (κ3) is 2.78. The third-order valence-corrected chi connectivity index (χ3v) is 4.43. The molecule has 0 spiro atoms. The summed E-state index contributed by atoms with van der Waals surface area (Å²) in [5.41, 5.74) is 8.87. The lowest BCUT2D eigenvalue weighted by atomic mass is 10.0. The standard InChI is InChI=1S/C17H23N3/c1-13-7-8-15(9-13)20-12-19-11-17(20)16(18)10-14-5-3-2-4-6-14/h2-6,11-13,15-16H,7-10,18H2,1H3/t13?,15?,16-/m1/s1. The summed E-state index contributed by atoms with van der Waals surface area (Å²) in [5, 5.41) is 0. The van der Waals surface area contributed by atoms with Gasteiger partial charge in [0.2, 0.25) is 0 Å². The van der Waals surface area contributed by atoms with Gasteiger partial charge in [0.1, 0.15) is 0 Å². The van der Waals surface area contributed by atoms with Crippen LogP contribution in [0.25, 0.3) is 0 Å². The fraction of sp³-hybridized carbons (Fsp3) is 0.471. The molecule has 1 aromatic heterocycles. The molecule has 2 unspecified atom stereocenters. The van der Waals surface area contributed by atoms with E-state index in [1.807, 2.05) is 18.6 Å². The summed E-state index contributed by atoms with van der Waals surface area (Å²) in [7, 11) is 0. The van der Waals surface area contributed by atoms with E-state index < -0.39 is 0 Å². The summed E-state index contributed by atoms with van der Waals surface area (Å²) in [4.78, 5) is 4.34. The van der Waals surface area contributed by atoms with Crippen LogP contribution in [0.1, 0.15) is 49.5 Å². The van der Waals surface area contributed by atoms with E-state index in [-0.39, 0.29) is 6.04 Å². The Bertz CT molecular complexity index is 546. The van der Waals surface area contributed by atoms with Gasteiger partial charge in [-0.25, -0.2) is 4.98 Å². The van der Waals surface area contributed by atoms with E-state index in [2.05, 4.69) is 40.7 Å². The number of hydrogen-bond acceptors (Lipinski definition) is 2. The lowest BCUT2D eigenvalue weighted by Crippen LogP contribution is -2.19. The van der Waals surface area contributed by atoms with Crippen LogP contribution in [0.4, 0.5) is 0 Å². The second-order valence-electron chi connectivity index (χ2n) is 6.09. The number of nitrogens with two attached hydrogens (primary N) is 1. The second kappa shape index (κ2) is 5.80. The molecule has 0 radical (unpaired) electrons. The van der Waals surface area contributed by atoms with Gasteiger partial charge in [-0.2, -0.15) is 0 Å². The molecule has 2 aromatic rings. The van der Waals surface area contributed by atoms with Crippen molar-refractivity contribution in [1.29, 1.82) is 0 Å². The van der Waals surface area contributed by atoms with Crippen LogP contribution >= 0.6 is 0 Å². The summed E-state index contributed by atoms with van der Waals surface area (Å²) in [6, 6.07) is 11.1. The van der Waals surface area contributed by atoms with Crippen molar-refractivity contribution in [1.82, 2.24) is 9.55 Å². The lowest BCUT2D eigenvalue weighted by Gasteiger charge is -2.19. The monoisotopic (exact) mass is 269 g/mol. The average molecular weight is 269 g/mol. The first-order valence-corrected chi connectivity index (χ1v) is 7.55. The van der Waals surface area contributed by atoms with Crippen LogP contribution in [0.5, 0.6) is 0 Å². The summed E-state index contributed by atoms with van der Waals surface area (Å²) in [6.07, 6.45) is 8.59. The maximum absolute atomic E-state index is 6.41. The fourth-order valence-corrected chi connectivity index (χ4v) is 3.31. The smallest absolute Gasteiger partial charge is 0.0951 e. The van der Waals surface area contributed by atoms with E-state index in [0.717, 1.165) is 12.3 Å². The minimum Gasteiger partial charge on any atom is -0.330 e. The quantitative estimate of drug-likeness (QED) is 0.923. The molecule has 3 nitrogen and oxygen atoms in total. The minimum atomic E-state index is 0.0239. The van der Waals surface area contributed by atoms with Crippen LogP contribution in [-0.4, -0.2) is 9.55 Å². The fourth-order valence-electron chi connectivity index (χ4n) is 3.31. The van der Waals surface area contributed by atoms with Gasteiger partial charge in [-0.3, -0.25) is 0 Å². The molecule has 1 aliphatic rings. The summed E-state index contributed by atoms with van der Waals surface area (Å²) >= 11 is 0. The first kappa shape index (κ1) is 13.4. The minimum absolute atomic E-state index is 0.0239. The summed E-state index contributed by atoms with van der Waals surface area (Å²) in [6.45, 7) is 2.33. The van der Waals surface area contributed by atoms with Crippen molar-refractivity contribution in [2.24, 2.45) is 11.7 Å². The molecule has 3 rings (SSSR count). The Morgan fingerprint density at radius 2 is 2.10 bits per heavy atom. The van der Waals surface area contributed by atoms with Gasteiger partial charge in [0, 0.05) is 12.2 Å². The van der Waals surface area contributed by atoms with E-state index in [4.69, 9.17) is 5.73 Å². The van der Waals surface area contributed by atoms with E-state index in [9.17, 15) is 0 Å². The molecule has 3 atom stereocenters. The van der Waals surface area contributed by atoms with Gasteiger partial charge < -0.3 is 10.3 Å². The zero-order chi connectivity index (χ0) is 13.9. The van der Waals surface area contributed by atoms with Gasteiger partial charge in [-0.05, 0) is 37.2 Å². The highest BCUT2D eigenvalue weighted by Crippen LogP contribution is 2.35. The van der Waals surface area contributed by atoms with Gasteiger partial charge in [0.05, 0.1) is 18.1 Å². The molecule has 0 bridgehead atoms. The highest BCUT2D eigenvalue weighted by Gasteiger charge is 2.25. The predicted octanol–water partition coefficient (Wildman–Crippen LogP) is 3.49. The Balaban J connectivity index is 1.75. The van der Waals surface area contributed by atoms with Crippen molar-refractivity contribution in [3.63, 3.8) is 0 Å². The molecule has 3 heteroatoms. The molecule has 0 saturated heterocycles. The van der Waals surface area contributed by atoms with Crippen molar-refractivity contribution < 1.29 is 0 Å². The first-order valence-electron chi connectivity index (χ1n) is 7.55. The zero-order valence-electron chi connectivity index (χ0n) is 12.1. The molecule has 2 N–H and O–H groups in total. The molecule has 1 saturated carbocycles. The Kier molecular flexibility index (Phi) is 3.88. The number of nitrogens with zero attached hydrogens (tertiary/aromatic N) is 2. The largest absolute Gasteiger partial charge is 0.330 e. The Hall–Kier alpha value is -1.61. The number of benzene rings is 1. The van der Waals surface area contributed by atoms with Crippen LogP contribution in [0, 0.1) is 5.92 Å². The molecular formula is C17H23N3. The molecule has 0 amide bonds. The molecule has 1 aromatic carbocycles.